The largest absolute Gasteiger partial charge is 0.325 e. The molecule has 0 aliphatic heterocycles. The lowest BCUT2D eigenvalue weighted by Crippen LogP contribution is -2.12. The number of hydrogen-bond acceptors (Lipinski definition) is 1. The minimum atomic E-state index is -1.25. The second kappa shape index (κ2) is 2.54. The summed E-state index contributed by atoms with van der Waals surface area (Å²) in [5, 5.41) is 0. The summed E-state index contributed by atoms with van der Waals surface area (Å²) in [7, 11) is 0. The third kappa shape index (κ3) is 1.17. The second-order valence-corrected chi connectivity index (χ2v) is 4.10. The van der Waals surface area contributed by atoms with Crippen LogP contribution in [0.4, 0.5) is 4.39 Å². The van der Waals surface area contributed by atoms with Gasteiger partial charge in [-0.1, -0.05) is 28.1 Å². The molecule has 1 saturated carbocycles. The van der Waals surface area contributed by atoms with Gasteiger partial charge in [-0.25, -0.2) is 4.39 Å². The first-order valence-electron chi connectivity index (χ1n) is 3.83. The molecule has 1 aliphatic rings. The quantitative estimate of drug-likeness (QED) is 0.787. The van der Waals surface area contributed by atoms with Gasteiger partial charge in [-0.2, -0.15) is 0 Å². The molecule has 12 heavy (non-hydrogen) atoms. The molecular formula is C9H9BrFN. The average Bonchev–Trinajstić information content (AvgIpc) is 2.62. The number of hydrogen-bond donors (Lipinski definition) is 1. The van der Waals surface area contributed by atoms with Crippen molar-refractivity contribution in [3.63, 3.8) is 0 Å². The predicted molar refractivity (Wildman–Crippen MR) is 49.5 cm³/mol. The molecular weight excluding hydrogens is 221 g/mol. The first-order valence-corrected chi connectivity index (χ1v) is 4.63. The van der Waals surface area contributed by atoms with E-state index in [1.54, 1.807) is 12.1 Å². The monoisotopic (exact) mass is 229 g/mol. The molecule has 1 aromatic rings. The first-order chi connectivity index (χ1) is 5.63. The molecule has 1 aromatic carbocycles. The molecule has 1 nitrogen and oxygen atoms in total. The van der Waals surface area contributed by atoms with Crippen molar-refractivity contribution in [3.05, 3.63) is 34.3 Å². The van der Waals surface area contributed by atoms with Crippen molar-refractivity contribution in [3.8, 4) is 0 Å². The van der Waals surface area contributed by atoms with Gasteiger partial charge in [0.05, 0.1) is 0 Å². The molecule has 2 unspecified atom stereocenters. The third-order valence-electron chi connectivity index (χ3n) is 2.27. The molecule has 2 atom stereocenters. The Morgan fingerprint density at radius 2 is 1.92 bits per heavy atom. The van der Waals surface area contributed by atoms with Gasteiger partial charge in [-0.15, -0.1) is 0 Å². The second-order valence-electron chi connectivity index (χ2n) is 3.18. The molecule has 2 rings (SSSR count). The Labute approximate surface area is 78.9 Å². The fourth-order valence-corrected chi connectivity index (χ4v) is 1.58. The van der Waals surface area contributed by atoms with Crippen LogP contribution < -0.4 is 5.73 Å². The van der Waals surface area contributed by atoms with E-state index in [4.69, 9.17) is 5.73 Å². The molecule has 1 fully saturated rings. The van der Waals surface area contributed by atoms with Gasteiger partial charge >= 0.3 is 0 Å². The molecule has 2 N–H and O–H groups in total. The SMILES string of the molecule is NC1CC1(F)c1ccc(Br)cc1. The predicted octanol–water partition coefficient (Wildman–Crippen LogP) is 2.34. The number of alkyl halides is 1. The van der Waals surface area contributed by atoms with Crippen LogP contribution in [0.25, 0.3) is 0 Å². The molecule has 0 bridgehead atoms. The van der Waals surface area contributed by atoms with Crippen molar-refractivity contribution in [2.75, 3.05) is 0 Å². The zero-order valence-corrected chi connectivity index (χ0v) is 8.01. The summed E-state index contributed by atoms with van der Waals surface area (Å²) in [6.45, 7) is 0. The summed E-state index contributed by atoms with van der Waals surface area (Å²) >= 11 is 3.29. The van der Waals surface area contributed by atoms with Crippen LogP contribution in [0.5, 0.6) is 0 Å². The highest BCUT2D eigenvalue weighted by atomic mass is 79.9. The van der Waals surface area contributed by atoms with Crippen molar-refractivity contribution in [2.45, 2.75) is 18.1 Å². The Hall–Kier alpha value is -0.410. The minimum Gasteiger partial charge on any atom is -0.325 e. The number of halogens is 2. The van der Waals surface area contributed by atoms with Crippen LogP contribution in [-0.4, -0.2) is 6.04 Å². The minimum absolute atomic E-state index is 0.307. The Bertz CT molecular complexity index is 298. The first kappa shape index (κ1) is 8.20. The Morgan fingerprint density at radius 1 is 1.42 bits per heavy atom. The molecule has 0 heterocycles. The van der Waals surface area contributed by atoms with E-state index < -0.39 is 5.67 Å². The highest BCUT2D eigenvalue weighted by molar-refractivity contribution is 9.10. The zero-order valence-electron chi connectivity index (χ0n) is 6.43. The maximum Gasteiger partial charge on any atom is 0.152 e. The lowest BCUT2D eigenvalue weighted by atomic mass is 10.1. The standard InChI is InChI=1S/C9H9BrFN/c10-7-3-1-6(2-4-7)9(11)5-8(9)12/h1-4,8H,5,12H2. The van der Waals surface area contributed by atoms with E-state index in [-0.39, 0.29) is 6.04 Å². The maximum absolute atomic E-state index is 13.6. The summed E-state index contributed by atoms with van der Waals surface area (Å²) in [5.41, 5.74) is 4.93. The van der Waals surface area contributed by atoms with E-state index in [2.05, 4.69) is 15.9 Å². The van der Waals surface area contributed by atoms with E-state index in [0.717, 1.165) is 4.47 Å². The van der Waals surface area contributed by atoms with Gasteiger partial charge < -0.3 is 5.73 Å². The van der Waals surface area contributed by atoms with Gasteiger partial charge in [0, 0.05) is 16.9 Å². The third-order valence-corrected chi connectivity index (χ3v) is 2.80. The highest BCUT2D eigenvalue weighted by Crippen LogP contribution is 2.48. The van der Waals surface area contributed by atoms with Crippen LogP contribution in [0.1, 0.15) is 12.0 Å². The van der Waals surface area contributed by atoms with Crippen LogP contribution in [0, 0.1) is 0 Å². The number of nitrogens with two attached hydrogens (primary N) is 1. The van der Waals surface area contributed by atoms with Crippen molar-refractivity contribution in [1.29, 1.82) is 0 Å². The van der Waals surface area contributed by atoms with E-state index in [1.165, 1.54) is 0 Å². The number of rotatable bonds is 1. The van der Waals surface area contributed by atoms with Gasteiger partial charge in [0.2, 0.25) is 0 Å². The molecule has 1 aliphatic carbocycles. The summed E-state index contributed by atoms with van der Waals surface area (Å²) in [6.07, 6.45) is 0.453. The summed E-state index contributed by atoms with van der Waals surface area (Å²) in [5.74, 6) is 0. The topological polar surface area (TPSA) is 26.0 Å². The fraction of sp³-hybridized carbons (Fsp3) is 0.333. The van der Waals surface area contributed by atoms with Gasteiger partial charge in [0.1, 0.15) is 0 Å². The highest BCUT2D eigenvalue weighted by Gasteiger charge is 2.54. The number of benzene rings is 1. The lowest BCUT2D eigenvalue weighted by Gasteiger charge is -2.05. The molecule has 0 radical (unpaired) electrons. The summed E-state index contributed by atoms with van der Waals surface area (Å²) in [6, 6.07) is 6.91. The van der Waals surface area contributed by atoms with Gasteiger partial charge in [0.15, 0.2) is 5.67 Å². The zero-order chi connectivity index (χ0) is 8.77. The Morgan fingerprint density at radius 3 is 2.33 bits per heavy atom. The Kier molecular flexibility index (Phi) is 1.73. The van der Waals surface area contributed by atoms with Crippen LogP contribution in [0.15, 0.2) is 28.7 Å². The normalized spacial score (nSPS) is 33.4. The van der Waals surface area contributed by atoms with Gasteiger partial charge in [-0.05, 0) is 17.7 Å². The van der Waals surface area contributed by atoms with E-state index in [9.17, 15) is 4.39 Å². The van der Waals surface area contributed by atoms with E-state index in [1.807, 2.05) is 12.1 Å². The lowest BCUT2D eigenvalue weighted by molar-refractivity contribution is 0.306. The van der Waals surface area contributed by atoms with Crippen LogP contribution in [-0.2, 0) is 5.67 Å². The van der Waals surface area contributed by atoms with Crippen LogP contribution in [0.3, 0.4) is 0 Å². The van der Waals surface area contributed by atoms with Crippen molar-refractivity contribution >= 4 is 15.9 Å². The maximum atomic E-state index is 13.6. The summed E-state index contributed by atoms with van der Waals surface area (Å²) in [4.78, 5) is 0. The molecule has 0 spiro atoms. The molecule has 3 heteroatoms. The molecule has 0 amide bonds. The van der Waals surface area contributed by atoms with Crippen molar-refractivity contribution in [1.82, 2.24) is 0 Å². The molecule has 0 aromatic heterocycles. The van der Waals surface area contributed by atoms with Gasteiger partial charge in [-0.3, -0.25) is 0 Å². The summed E-state index contributed by atoms with van der Waals surface area (Å²) < 4.78 is 14.6. The molecule has 64 valence electrons. The van der Waals surface area contributed by atoms with Gasteiger partial charge in [0.25, 0.3) is 0 Å². The van der Waals surface area contributed by atoms with E-state index in [0.29, 0.717) is 12.0 Å². The fourth-order valence-electron chi connectivity index (χ4n) is 1.32. The van der Waals surface area contributed by atoms with E-state index >= 15 is 0 Å². The van der Waals surface area contributed by atoms with Crippen LogP contribution >= 0.6 is 15.9 Å². The van der Waals surface area contributed by atoms with Crippen molar-refractivity contribution < 1.29 is 4.39 Å². The van der Waals surface area contributed by atoms with Crippen LogP contribution in [0.2, 0.25) is 0 Å². The molecule has 0 saturated heterocycles. The average molecular weight is 230 g/mol. The van der Waals surface area contributed by atoms with Crippen molar-refractivity contribution in [2.24, 2.45) is 5.73 Å². The Balaban J connectivity index is 2.31. The smallest absolute Gasteiger partial charge is 0.152 e.